The van der Waals surface area contributed by atoms with E-state index in [-0.39, 0.29) is 30.8 Å². The number of ether oxygens (including phenoxy) is 2. The van der Waals surface area contributed by atoms with Crippen molar-refractivity contribution in [3.63, 3.8) is 0 Å². The molecule has 6 heteroatoms. The number of anilines is 1. The Morgan fingerprint density at radius 3 is 2.78 bits per heavy atom. The van der Waals surface area contributed by atoms with Crippen molar-refractivity contribution >= 4 is 11.7 Å². The van der Waals surface area contributed by atoms with Crippen LogP contribution < -0.4 is 5.73 Å². The fraction of sp³-hybridized carbons (Fsp3) is 0.667. The normalized spacial score (nSPS) is 28.0. The molecule has 2 unspecified atom stereocenters. The van der Waals surface area contributed by atoms with Crippen molar-refractivity contribution in [2.45, 2.75) is 51.5 Å². The lowest BCUT2D eigenvalue weighted by Crippen LogP contribution is -2.36. The smallest absolute Gasteiger partial charge is 0.328 e. The maximum atomic E-state index is 11.7. The monoisotopic (exact) mass is 253 g/mol. The van der Waals surface area contributed by atoms with E-state index < -0.39 is 0 Å². The van der Waals surface area contributed by atoms with Crippen molar-refractivity contribution in [2.24, 2.45) is 0 Å². The minimum Gasteiger partial charge on any atom is -0.461 e. The molecule has 1 aliphatic rings. The molecule has 0 radical (unpaired) electrons. The molecule has 2 heterocycles. The standard InChI is InChI=1S/C12H19N3O3/c1-8-3-11(4-9(2)17-8)18-12(16)7-15-6-10(13)5-14-15/h5-6,8-9,11H,3-4,7,13H2,1-2H3. The average Bonchev–Trinajstić information content (AvgIpc) is 2.61. The molecule has 1 aromatic rings. The summed E-state index contributed by atoms with van der Waals surface area (Å²) in [6, 6.07) is 0. The number of nitrogens with two attached hydrogens (primary N) is 1. The lowest BCUT2D eigenvalue weighted by Gasteiger charge is -2.31. The van der Waals surface area contributed by atoms with Crippen LogP contribution >= 0.6 is 0 Å². The summed E-state index contributed by atoms with van der Waals surface area (Å²) >= 11 is 0. The van der Waals surface area contributed by atoms with Crippen LogP contribution in [0.1, 0.15) is 26.7 Å². The third-order valence-electron chi connectivity index (χ3n) is 2.90. The zero-order chi connectivity index (χ0) is 13.1. The highest BCUT2D eigenvalue weighted by Crippen LogP contribution is 2.21. The second-order valence-corrected chi connectivity index (χ2v) is 4.81. The van der Waals surface area contributed by atoms with E-state index in [1.807, 2.05) is 13.8 Å². The number of nitrogens with zero attached hydrogens (tertiary/aromatic N) is 2. The number of carbonyl (C=O) groups excluding carboxylic acids is 1. The molecule has 0 aliphatic carbocycles. The summed E-state index contributed by atoms with van der Waals surface area (Å²) in [5.41, 5.74) is 6.06. The van der Waals surface area contributed by atoms with Crippen LogP contribution in [0.25, 0.3) is 0 Å². The maximum Gasteiger partial charge on any atom is 0.328 e. The number of hydrogen-bond acceptors (Lipinski definition) is 5. The zero-order valence-corrected chi connectivity index (χ0v) is 10.7. The zero-order valence-electron chi connectivity index (χ0n) is 10.7. The quantitative estimate of drug-likeness (QED) is 0.812. The van der Waals surface area contributed by atoms with Gasteiger partial charge >= 0.3 is 5.97 Å². The number of esters is 1. The summed E-state index contributed by atoms with van der Waals surface area (Å²) in [5.74, 6) is -0.288. The van der Waals surface area contributed by atoms with Gasteiger partial charge in [0.15, 0.2) is 0 Å². The second-order valence-electron chi connectivity index (χ2n) is 4.81. The molecule has 18 heavy (non-hydrogen) atoms. The molecule has 6 nitrogen and oxygen atoms in total. The number of nitrogen functional groups attached to an aromatic ring is 1. The van der Waals surface area contributed by atoms with Gasteiger partial charge < -0.3 is 15.2 Å². The lowest BCUT2D eigenvalue weighted by molar-refractivity contribution is -0.160. The van der Waals surface area contributed by atoms with Gasteiger partial charge in [0, 0.05) is 19.0 Å². The molecule has 1 aromatic heterocycles. The topological polar surface area (TPSA) is 79.4 Å². The van der Waals surface area contributed by atoms with Gasteiger partial charge in [0.05, 0.1) is 24.1 Å². The van der Waals surface area contributed by atoms with Crippen molar-refractivity contribution < 1.29 is 14.3 Å². The highest BCUT2D eigenvalue weighted by molar-refractivity contribution is 5.69. The Kier molecular flexibility index (Phi) is 3.86. The number of carbonyl (C=O) groups is 1. The highest BCUT2D eigenvalue weighted by Gasteiger charge is 2.27. The summed E-state index contributed by atoms with van der Waals surface area (Å²) in [4.78, 5) is 11.7. The predicted molar refractivity (Wildman–Crippen MR) is 65.8 cm³/mol. The molecule has 1 fully saturated rings. The van der Waals surface area contributed by atoms with Crippen molar-refractivity contribution in [1.29, 1.82) is 0 Å². The van der Waals surface area contributed by atoms with Gasteiger partial charge in [0.25, 0.3) is 0 Å². The molecule has 2 atom stereocenters. The average molecular weight is 253 g/mol. The SMILES string of the molecule is CC1CC(OC(=O)Cn2cc(N)cn2)CC(C)O1. The van der Waals surface area contributed by atoms with Crippen LogP contribution in [0.3, 0.4) is 0 Å². The molecule has 1 saturated heterocycles. The highest BCUT2D eigenvalue weighted by atomic mass is 16.6. The molecular weight excluding hydrogens is 234 g/mol. The van der Waals surface area contributed by atoms with Gasteiger partial charge in [-0.1, -0.05) is 0 Å². The van der Waals surface area contributed by atoms with Crippen LogP contribution in [0.15, 0.2) is 12.4 Å². The second kappa shape index (κ2) is 5.39. The minimum atomic E-state index is -0.288. The molecule has 2 N–H and O–H groups in total. The van der Waals surface area contributed by atoms with Crippen LogP contribution in [-0.4, -0.2) is 34.1 Å². The first-order valence-corrected chi connectivity index (χ1v) is 6.16. The molecule has 0 amide bonds. The van der Waals surface area contributed by atoms with Crippen LogP contribution in [0.4, 0.5) is 5.69 Å². The van der Waals surface area contributed by atoms with E-state index in [4.69, 9.17) is 15.2 Å². The van der Waals surface area contributed by atoms with E-state index in [2.05, 4.69) is 5.10 Å². The summed E-state index contributed by atoms with van der Waals surface area (Å²) in [6.07, 6.45) is 4.81. The maximum absolute atomic E-state index is 11.7. The predicted octanol–water partition coefficient (Wildman–Crippen LogP) is 0.965. The van der Waals surface area contributed by atoms with Gasteiger partial charge in [-0.05, 0) is 13.8 Å². The Labute approximate surface area is 106 Å². The van der Waals surface area contributed by atoms with Crippen molar-refractivity contribution in [3.05, 3.63) is 12.4 Å². The Hall–Kier alpha value is -1.56. The van der Waals surface area contributed by atoms with Crippen molar-refractivity contribution in [2.75, 3.05) is 5.73 Å². The molecule has 0 saturated carbocycles. The number of aromatic nitrogens is 2. The van der Waals surface area contributed by atoms with Crippen molar-refractivity contribution in [1.82, 2.24) is 9.78 Å². The first-order chi connectivity index (χ1) is 8.52. The van der Waals surface area contributed by atoms with Gasteiger partial charge in [-0.3, -0.25) is 9.48 Å². The molecule has 0 bridgehead atoms. The van der Waals surface area contributed by atoms with Gasteiger partial charge in [0.1, 0.15) is 12.6 Å². The number of rotatable bonds is 3. The molecule has 2 rings (SSSR count). The van der Waals surface area contributed by atoms with Crippen LogP contribution in [0.2, 0.25) is 0 Å². The van der Waals surface area contributed by atoms with Gasteiger partial charge in [-0.15, -0.1) is 0 Å². The van der Waals surface area contributed by atoms with Crippen LogP contribution in [0, 0.1) is 0 Å². The van der Waals surface area contributed by atoms with Gasteiger partial charge in [0.2, 0.25) is 0 Å². The van der Waals surface area contributed by atoms with E-state index in [0.717, 1.165) is 12.8 Å². The van der Waals surface area contributed by atoms with E-state index in [1.54, 1.807) is 6.20 Å². The third-order valence-corrected chi connectivity index (χ3v) is 2.90. The minimum absolute atomic E-state index is 0.0656. The summed E-state index contributed by atoms with van der Waals surface area (Å²) in [7, 11) is 0. The molecule has 0 aromatic carbocycles. The van der Waals surface area contributed by atoms with E-state index in [0.29, 0.717) is 5.69 Å². The number of hydrogen-bond donors (Lipinski definition) is 1. The molecule has 0 spiro atoms. The van der Waals surface area contributed by atoms with E-state index in [9.17, 15) is 4.79 Å². The van der Waals surface area contributed by atoms with Crippen molar-refractivity contribution in [3.8, 4) is 0 Å². The fourth-order valence-corrected chi connectivity index (χ4v) is 2.26. The Bertz CT molecular complexity index is 408. The third kappa shape index (κ3) is 3.46. The fourth-order valence-electron chi connectivity index (χ4n) is 2.26. The Morgan fingerprint density at radius 1 is 1.56 bits per heavy atom. The molecular formula is C12H19N3O3. The summed E-state index contributed by atoms with van der Waals surface area (Å²) < 4.78 is 12.5. The van der Waals surface area contributed by atoms with E-state index in [1.165, 1.54) is 10.9 Å². The summed E-state index contributed by atoms with van der Waals surface area (Å²) in [6.45, 7) is 4.08. The Morgan fingerprint density at radius 2 is 2.22 bits per heavy atom. The first kappa shape index (κ1) is 12.9. The van der Waals surface area contributed by atoms with Gasteiger partial charge in [-0.25, -0.2) is 0 Å². The summed E-state index contributed by atoms with van der Waals surface area (Å²) in [5, 5.41) is 3.94. The van der Waals surface area contributed by atoms with Gasteiger partial charge in [-0.2, -0.15) is 5.10 Å². The van der Waals surface area contributed by atoms with E-state index >= 15 is 0 Å². The first-order valence-electron chi connectivity index (χ1n) is 6.16. The Balaban J connectivity index is 1.83. The molecule has 100 valence electrons. The van der Waals surface area contributed by atoms with Crippen LogP contribution in [-0.2, 0) is 20.8 Å². The largest absolute Gasteiger partial charge is 0.461 e. The van der Waals surface area contributed by atoms with Crippen LogP contribution in [0.5, 0.6) is 0 Å². The lowest BCUT2D eigenvalue weighted by atomic mass is 10.0. The molecule has 1 aliphatic heterocycles.